The molecule has 0 aromatic rings. The molecule has 5 rings (SSSR count). The lowest BCUT2D eigenvalue weighted by Crippen LogP contribution is -2.56. The Balaban J connectivity index is 1.50. The maximum Gasteiger partial charge on any atom is 0.282 e. The summed E-state index contributed by atoms with van der Waals surface area (Å²) in [4.78, 5) is 0. The first-order valence-electron chi connectivity index (χ1n) is 10.8. The van der Waals surface area contributed by atoms with Crippen LogP contribution in [-0.4, -0.2) is 68.6 Å². The van der Waals surface area contributed by atoms with E-state index in [4.69, 9.17) is 4.74 Å². The minimum absolute atomic E-state index is 0.110. The van der Waals surface area contributed by atoms with Gasteiger partial charge in [0.05, 0.1) is 13.2 Å². The van der Waals surface area contributed by atoms with Crippen LogP contribution in [0.15, 0.2) is 0 Å². The molecule has 156 valence electrons. The predicted octanol–water partition coefficient (Wildman–Crippen LogP) is 2.10. The summed E-state index contributed by atoms with van der Waals surface area (Å²) in [5, 5.41) is 9.60. The Morgan fingerprint density at radius 2 is 1.78 bits per heavy atom. The van der Waals surface area contributed by atoms with Crippen molar-refractivity contribution in [2.45, 2.75) is 51.4 Å². The van der Waals surface area contributed by atoms with Crippen molar-refractivity contribution in [3.05, 3.63) is 0 Å². The average molecular weight is 401 g/mol. The van der Waals surface area contributed by atoms with E-state index in [-0.39, 0.29) is 24.5 Å². The molecular formula is C20H36N2O4S. The lowest BCUT2D eigenvalue weighted by Gasteiger charge is -2.57. The SMILES string of the molecule is COCC1CCCN(S(=O)(=O)N(CCO)CC23CC4CC(CC(C4)C2)C3)C1. The van der Waals surface area contributed by atoms with Gasteiger partial charge in [-0.15, -0.1) is 0 Å². The maximum absolute atomic E-state index is 13.4. The molecule has 1 heterocycles. The molecule has 1 atom stereocenters. The summed E-state index contributed by atoms with van der Waals surface area (Å²) in [5.74, 6) is 2.68. The molecule has 5 fully saturated rings. The average Bonchev–Trinajstić information content (AvgIpc) is 2.60. The van der Waals surface area contributed by atoms with E-state index in [0.717, 1.165) is 30.6 Å². The molecule has 1 unspecified atom stereocenters. The van der Waals surface area contributed by atoms with Crippen LogP contribution < -0.4 is 0 Å². The fourth-order valence-corrected chi connectivity index (χ4v) is 8.85. The first kappa shape index (κ1) is 20.1. The van der Waals surface area contributed by atoms with Gasteiger partial charge in [0.15, 0.2) is 0 Å². The second kappa shape index (κ2) is 7.90. The van der Waals surface area contributed by atoms with Crippen molar-refractivity contribution < 1.29 is 18.3 Å². The van der Waals surface area contributed by atoms with Gasteiger partial charge in [0, 0.05) is 33.3 Å². The fourth-order valence-electron chi connectivity index (χ4n) is 7.02. The molecule has 4 saturated carbocycles. The Hall–Kier alpha value is -0.210. The number of methoxy groups -OCH3 is 1. The van der Waals surface area contributed by atoms with Crippen LogP contribution in [0.4, 0.5) is 0 Å². The van der Waals surface area contributed by atoms with Crippen LogP contribution >= 0.6 is 0 Å². The Morgan fingerprint density at radius 1 is 1.15 bits per heavy atom. The first-order chi connectivity index (χ1) is 12.9. The van der Waals surface area contributed by atoms with Crippen LogP contribution in [0.3, 0.4) is 0 Å². The van der Waals surface area contributed by atoms with Crippen LogP contribution in [0.2, 0.25) is 0 Å². The molecular weight excluding hydrogens is 364 g/mol. The van der Waals surface area contributed by atoms with E-state index in [2.05, 4.69) is 0 Å². The molecule has 0 aromatic heterocycles. The smallest absolute Gasteiger partial charge is 0.282 e. The van der Waals surface area contributed by atoms with Crippen LogP contribution in [0, 0.1) is 29.1 Å². The molecule has 0 spiro atoms. The maximum atomic E-state index is 13.4. The topological polar surface area (TPSA) is 70.1 Å². The van der Waals surface area contributed by atoms with Gasteiger partial charge in [0.25, 0.3) is 10.2 Å². The third-order valence-electron chi connectivity index (χ3n) is 7.56. The van der Waals surface area contributed by atoms with E-state index in [1.54, 1.807) is 15.7 Å². The Labute approximate surface area is 164 Å². The third kappa shape index (κ3) is 4.08. The monoisotopic (exact) mass is 400 g/mol. The third-order valence-corrected chi connectivity index (χ3v) is 9.51. The molecule has 6 nitrogen and oxygen atoms in total. The number of piperidine rings is 1. The quantitative estimate of drug-likeness (QED) is 0.677. The number of rotatable bonds is 8. The minimum atomic E-state index is -3.53. The molecule has 1 saturated heterocycles. The standard InChI is InChI=1S/C20H36N2O4S/c1-26-14-16-3-2-4-21(13-16)27(24,25)22(5-6-23)15-20-10-17-7-18(11-20)9-19(8-17)12-20/h16-19,23H,2-15H2,1H3. The van der Waals surface area contributed by atoms with Gasteiger partial charge in [0.2, 0.25) is 0 Å². The number of ether oxygens (including phenoxy) is 1. The number of hydrogen-bond donors (Lipinski definition) is 1. The van der Waals surface area contributed by atoms with Crippen LogP contribution in [0.25, 0.3) is 0 Å². The Kier molecular flexibility index (Phi) is 5.88. The van der Waals surface area contributed by atoms with Crippen LogP contribution in [0.1, 0.15) is 51.4 Å². The summed E-state index contributed by atoms with van der Waals surface area (Å²) in [6.07, 6.45) is 9.53. The molecule has 1 aliphatic heterocycles. The molecule has 1 N–H and O–H groups in total. The molecule has 0 aromatic carbocycles. The largest absolute Gasteiger partial charge is 0.395 e. The van der Waals surface area contributed by atoms with E-state index in [1.165, 1.54) is 38.5 Å². The molecule has 0 amide bonds. The summed E-state index contributed by atoms with van der Waals surface area (Å²) in [7, 11) is -1.85. The van der Waals surface area contributed by atoms with E-state index in [9.17, 15) is 13.5 Å². The van der Waals surface area contributed by atoms with E-state index >= 15 is 0 Å². The second-order valence-corrected chi connectivity index (χ2v) is 11.7. The van der Waals surface area contributed by atoms with Gasteiger partial charge in [-0.1, -0.05) is 0 Å². The molecule has 4 bridgehead atoms. The highest BCUT2D eigenvalue weighted by molar-refractivity contribution is 7.86. The molecule has 5 aliphatic rings. The lowest BCUT2D eigenvalue weighted by atomic mass is 9.49. The first-order valence-corrected chi connectivity index (χ1v) is 12.2. The van der Waals surface area contributed by atoms with Crippen molar-refractivity contribution >= 4 is 10.2 Å². The van der Waals surface area contributed by atoms with E-state index < -0.39 is 10.2 Å². The fraction of sp³-hybridized carbons (Fsp3) is 1.00. The second-order valence-electron chi connectivity index (χ2n) is 9.80. The summed E-state index contributed by atoms with van der Waals surface area (Å²) in [5.41, 5.74) is 0.151. The van der Waals surface area contributed by atoms with E-state index in [1.807, 2.05) is 0 Å². The van der Waals surface area contributed by atoms with Gasteiger partial charge >= 0.3 is 0 Å². The summed E-state index contributed by atoms with van der Waals surface area (Å²) in [6.45, 7) is 2.45. The van der Waals surface area contributed by atoms with Gasteiger partial charge < -0.3 is 9.84 Å². The van der Waals surface area contributed by atoms with Crippen molar-refractivity contribution in [1.82, 2.24) is 8.61 Å². The van der Waals surface area contributed by atoms with E-state index in [0.29, 0.717) is 26.2 Å². The van der Waals surface area contributed by atoms with Crippen molar-refractivity contribution in [2.24, 2.45) is 29.1 Å². The van der Waals surface area contributed by atoms with Crippen LogP contribution in [-0.2, 0) is 14.9 Å². The van der Waals surface area contributed by atoms with Gasteiger partial charge in [0.1, 0.15) is 0 Å². The highest BCUT2D eigenvalue weighted by Gasteiger charge is 2.52. The van der Waals surface area contributed by atoms with Gasteiger partial charge in [-0.25, -0.2) is 0 Å². The van der Waals surface area contributed by atoms with Gasteiger partial charge in [-0.3, -0.25) is 0 Å². The lowest BCUT2D eigenvalue weighted by molar-refractivity contribution is -0.0614. The van der Waals surface area contributed by atoms with Gasteiger partial charge in [-0.2, -0.15) is 17.0 Å². The molecule has 7 heteroatoms. The molecule has 27 heavy (non-hydrogen) atoms. The van der Waals surface area contributed by atoms with Crippen molar-refractivity contribution in [1.29, 1.82) is 0 Å². The number of aliphatic hydroxyl groups is 1. The van der Waals surface area contributed by atoms with Crippen molar-refractivity contribution in [3.63, 3.8) is 0 Å². The summed E-state index contributed by atoms with van der Waals surface area (Å²) >= 11 is 0. The number of aliphatic hydroxyl groups excluding tert-OH is 1. The predicted molar refractivity (Wildman–Crippen MR) is 104 cm³/mol. The number of hydrogen-bond acceptors (Lipinski definition) is 4. The zero-order valence-corrected chi connectivity index (χ0v) is 17.5. The van der Waals surface area contributed by atoms with Gasteiger partial charge in [-0.05, 0) is 80.5 Å². The molecule has 0 radical (unpaired) electrons. The van der Waals surface area contributed by atoms with Crippen molar-refractivity contribution in [3.8, 4) is 0 Å². The highest BCUT2D eigenvalue weighted by atomic mass is 32.2. The molecule has 4 aliphatic carbocycles. The number of nitrogens with zero attached hydrogens (tertiary/aromatic N) is 2. The zero-order chi connectivity index (χ0) is 19.1. The summed E-state index contributed by atoms with van der Waals surface area (Å²) < 4.78 is 35.4. The zero-order valence-electron chi connectivity index (χ0n) is 16.7. The Morgan fingerprint density at radius 3 is 2.33 bits per heavy atom. The summed E-state index contributed by atoms with van der Waals surface area (Å²) in [6, 6.07) is 0. The van der Waals surface area contributed by atoms with Crippen molar-refractivity contribution in [2.75, 3.05) is 46.5 Å². The normalized spacial score (nSPS) is 39.4. The minimum Gasteiger partial charge on any atom is -0.395 e. The highest BCUT2D eigenvalue weighted by Crippen LogP contribution is 2.60. The Bertz CT molecular complexity index is 586. The van der Waals surface area contributed by atoms with Crippen LogP contribution in [0.5, 0.6) is 0 Å².